The van der Waals surface area contributed by atoms with Gasteiger partial charge < -0.3 is 59.1 Å². The van der Waals surface area contributed by atoms with Gasteiger partial charge >= 0.3 is 0 Å². The quantitative estimate of drug-likeness (QED) is 0.0252. The largest absolute Gasteiger partial charge is 0.394 e. The third-order valence-corrected chi connectivity index (χ3v) is 11.2. The normalized spacial score (nSPS) is 16.2. The van der Waals surface area contributed by atoms with E-state index in [2.05, 4.69) is 36.9 Å². The number of carbonyl (C=O) groups is 7. The zero-order valence-corrected chi connectivity index (χ0v) is 37.9. The molecular weight excluding hydrogens is 819 g/mol. The third-order valence-electron chi connectivity index (χ3n) is 10.5. The van der Waals surface area contributed by atoms with E-state index >= 15 is 0 Å². The van der Waals surface area contributed by atoms with Crippen molar-refractivity contribution < 1.29 is 38.7 Å². The van der Waals surface area contributed by atoms with Gasteiger partial charge in [-0.1, -0.05) is 76.3 Å². The van der Waals surface area contributed by atoms with Crippen LogP contribution in [0.2, 0.25) is 0 Å². The molecule has 1 fully saturated rings. The Morgan fingerprint density at radius 3 is 1.97 bits per heavy atom. The molecule has 0 aromatic heterocycles. The van der Waals surface area contributed by atoms with E-state index in [1.54, 1.807) is 30.3 Å². The van der Waals surface area contributed by atoms with Crippen molar-refractivity contribution in [3.8, 4) is 0 Å². The van der Waals surface area contributed by atoms with Crippen molar-refractivity contribution >= 4 is 59.1 Å². The Labute approximate surface area is 370 Å². The van der Waals surface area contributed by atoms with Crippen LogP contribution >= 0.6 is 11.8 Å². The van der Waals surface area contributed by atoms with Gasteiger partial charge in [0.25, 0.3) is 0 Å². The first-order valence-electron chi connectivity index (χ1n) is 21.4. The number of nitrogens with one attached hydrogen (secondary N) is 6. The van der Waals surface area contributed by atoms with Gasteiger partial charge in [-0.2, -0.15) is 11.8 Å². The van der Waals surface area contributed by atoms with Gasteiger partial charge in [-0.05, 0) is 68.4 Å². The summed E-state index contributed by atoms with van der Waals surface area (Å²) in [4.78, 5) is 99.9. The summed E-state index contributed by atoms with van der Waals surface area (Å²) in [5, 5.41) is 25.8. The van der Waals surface area contributed by atoms with Gasteiger partial charge in [-0.25, -0.2) is 0 Å². The van der Waals surface area contributed by atoms with E-state index in [9.17, 15) is 38.7 Å². The number of carbonyl (C=O) groups excluding carboxylic acids is 7. The number of likely N-dealkylation sites (N-methyl/N-ethyl adjacent to an activating group) is 1. The summed E-state index contributed by atoms with van der Waals surface area (Å²) in [6, 6.07) is 1.42. The highest BCUT2D eigenvalue weighted by Crippen LogP contribution is 2.28. The zero-order valence-electron chi connectivity index (χ0n) is 37.1. The lowest BCUT2D eigenvalue weighted by Crippen LogP contribution is -2.59. The SMILES string of the molecule is CSCC[C@H](NC(=O)[C@H](c1ccccc1)N(C)C(=O)[C@H](CCCN=C(N)N)NC(=O)[C@H](CC1CCCCC1)NC(C)=O)C(=O)N[C@@H](C)C(=O)N[C@@H](CO)C(=O)N[C@H](N)CC(C)C. The van der Waals surface area contributed by atoms with Crippen LogP contribution in [-0.2, 0) is 33.6 Å². The summed E-state index contributed by atoms with van der Waals surface area (Å²) < 4.78 is 0. The fraction of sp³-hybridized carbons (Fsp3) is 0.667. The van der Waals surface area contributed by atoms with Crippen molar-refractivity contribution in [2.45, 2.75) is 134 Å². The van der Waals surface area contributed by atoms with Crippen molar-refractivity contribution in [1.82, 2.24) is 36.8 Å². The Balaban J connectivity index is 2.36. The number of aliphatic hydroxyl groups excluding tert-OH is 1. The molecule has 348 valence electrons. The molecule has 1 aromatic carbocycles. The molecule has 0 saturated heterocycles. The number of hydrogen-bond acceptors (Lipinski definition) is 11. The van der Waals surface area contributed by atoms with E-state index in [0.717, 1.165) is 32.1 Å². The predicted molar refractivity (Wildman–Crippen MR) is 240 cm³/mol. The Morgan fingerprint density at radius 1 is 0.790 bits per heavy atom. The topological polar surface area (TPSA) is 306 Å². The van der Waals surface area contributed by atoms with E-state index in [-0.39, 0.29) is 49.5 Å². The van der Waals surface area contributed by atoms with Crippen LogP contribution in [0.4, 0.5) is 0 Å². The maximum atomic E-state index is 14.5. The summed E-state index contributed by atoms with van der Waals surface area (Å²) in [6.45, 7) is 6.03. The fourth-order valence-electron chi connectivity index (χ4n) is 7.30. The molecule has 1 saturated carbocycles. The predicted octanol–water partition coefficient (Wildman–Crippen LogP) is -0.134. The Bertz CT molecular complexity index is 1640. The van der Waals surface area contributed by atoms with Crippen molar-refractivity contribution in [3.05, 3.63) is 35.9 Å². The molecule has 62 heavy (non-hydrogen) atoms. The molecule has 7 atom stereocenters. The number of aliphatic imine (C=N–C) groups is 1. The number of amides is 7. The highest BCUT2D eigenvalue weighted by Gasteiger charge is 2.37. The number of hydrogen-bond donors (Lipinski definition) is 10. The molecule has 0 spiro atoms. The van der Waals surface area contributed by atoms with E-state index < -0.39 is 84.5 Å². The van der Waals surface area contributed by atoms with E-state index in [4.69, 9.17) is 17.2 Å². The third kappa shape index (κ3) is 19.0. The van der Waals surface area contributed by atoms with Crippen LogP contribution in [0.5, 0.6) is 0 Å². The van der Waals surface area contributed by atoms with Crippen molar-refractivity contribution in [2.75, 3.05) is 32.2 Å². The molecule has 1 aromatic rings. The lowest BCUT2D eigenvalue weighted by Gasteiger charge is -2.33. The minimum Gasteiger partial charge on any atom is -0.394 e. The highest BCUT2D eigenvalue weighted by molar-refractivity contribution is 7.98. The fourth-order valence-corrected chi connectivity index (χ4v) is 7.77. The molecule has 0 aliphatic heterocycles. The second kappa shape index (κ2) is 27.9. The molecule has 2 rings (SSSR count). The smallest absolute Gasteiger partial charge is 0.248 e. The Kier molecular flexibility index (Phi) is 23.9. The molecule has 20 heteroatoms. The van der Waals surface area contributed by atoms with E-state index in [1.165, 1.54) is 37.6 Å². The van der Waals surface area contributed by atoms with Gasteiger partial charge in [0, 0.05) is 20.5 Å². The molecular formula is C42H71N11O8S. The van der Waals surface area contributed by atoms with Gasteiger partial charge in [-0.3, -0.25) is 38.6 Å². The number of aliphatic hydroxyl groups is 1. The molecule has 0 bridgehead atoms. The minimum atomic E-state index is -1.33. The minimum absolute atomic E-state index is 0.0906. The zero-order chi connectivity index (χ0) is 46.4. The summed E-state index contributed by atoms with van der Waals surface area (Å²) in [5.41, 5.74) is 17.4. The molecule has 1 aliphatic rings. The van der Waals surface area contributed by atoms with Crippen LogP contribution < -0.4 is 49.1 Å². The molecule has 19 nitrogen and oxygen atoms in total. The number of rotatable bonds is 26. The van der Waals surface area contributed by atoms with Gasteiger partial charge in [-0.15, -0.1) is 0 Å². The van der Waals surface area contributed by atoms with Gasteiger partial charge in [0.05, 0.1) is 12.8 Å². The highest BCUT2D eigenvalue weighted by atomic mass is 32.2. The van der Waals surface area contributed by atoms with Crippen molar-refractivity contribution in [1.29, 1.82) is 0 Å². The van der Waals surface area contributed by atoms with Crippen molar-refractivity contribution in [3.63, 3.8) is 0 Å². The maximum absolute atomic E-state index is 14.5. The van der Waals surface area contributed by atoms with Crippen LogP contribution in [0, 0.1) is 11.8 Å². The van der Waals surface area contributed by atoms with Crippen LogP contribution in [0.25, 0.3) is 0 Å². The van der Waals surface area contributed by atoms with E-state index in [1.807, 2.05) is 20.1 Å². The maximum Gasteiger partial charge on any atom is 0.248 e. The lowest BCUT2D eigenvalue weighted by atomic mass is 9.84. The molecule has 7 amide bonds. The molecule has 0 radical (unpaired) electrons. The van der Waals surface area contributed by atoms with Crippen LogP contribution in [0.15, 0.2) is 35.3 Å². The first kappa shape index (κ1) is 53.2. The lowest BCUT2D eigenvalue weighted by molar-refractivity contribution is -0.143. The van der Waals surface area contributed by atoms with Crippen LogP contribution in [0.1, 0.15) is 104 Å². The second-order valence-corrected chi connectivity index (χ2v) is 17.3. The average molecular weight is 890 g/mol. The standard InChI is InChI=1S/C42H71N11O8S/c1-25(2)22-34(43)52-39(59)33(24-54)51-36(56)26(3)47-37(57)30(19-21-62-6)49-40(60)35(29-16-11-8-12-17-29)53(5)41(61)31(18-13-20-46-42(44)45)50-38(58)32(48-27(4)55)23-28-14-9-7-10-15-28/h8,11-12,16-17,25-26,28,30-35,54H,7,9-10,13-15,18-24,43H2,1-6H3,(H,47,57)(H,48,55)(H,49,60)(H,50,58)(H,51,56)(H,52,59)(H4,44,45,46)/t26-,30-,31-,32-,33-,34-,35-/m0/s1. The van der Waals surface area contributed by atoms with Crippen molar-refractivity contribution in [2.24, 2.45) is 34.0 Å². The summed E-state index contributed by atoms with van der Waals surface area (Å²) in [6.07, 6.45) is 7.59. The second-order valence-electron chi connectivity index (χ2n) is 16.3. The van der Waals surface area contributed by atoms with Gasteiger partial charge in [0.15, 0.2) is 5.96 Å². The Hall–Kier alpha value is -4.95. The van der Waals surface area contributed by atoms with E-state index in [0.29, 0.717) is 24.2 Å². The number of guanidine groups is 1. The number of thioether (sulfide) groups is 1. The monoisotopic (exact) mass is 890 g/mol. The average Bonchev–Trinajstić information content (AvgIpc) is 3.21. The first-order chi connectivity index (χ1) is 29.4. The summed E-state index contributed by atoms with van der Waals surface area (Å²) >= 11 is 1.43. The van der Waals surface area contributed by atoms with Gasteiger partial charge in [0.1, 0.15) is 36.3 Å². The van der Waals surface area contributed by atoms with Crippen LogP contribution in [-0.4, -0.2) is 126 Å². The number of benzene rings is 1. The molecule has 0 unspecified atom stereocenters. The number of nitrogens with zero attached hydrogens (tertiary/aromatic N) is 2. The Morgan fingerprint density at radius 2 is 1.39 bits per heavy atom. The molecule has 1 aliphatic carbocycles. The van der Waals surface area contributed by atoms with Gasteiger partial charge in [0.2, 0.25) is 41.4 Å². The van der Waals surface area contributed by atoms with Crippen LogP contribution in [0.3, 0.4) is 0 Å². The molecule has 13 N–H and O–H groups in total. The molecule has 0 heterocycles. The first-order valence-corrected chi connectivity index (χ1v) is 22.8. The summed E-state index contributed by atoms with van der Waals surface area (Å²) in [7, 11) is 1.43. The summed E-state index contributed by atoms with van der Waals surface area (Å²) in [5.74, 6) is -3.68. The number of nitrogens with two attached hydrogens (primary N) is 3.